The van der Waals surface area contributed by atoms with Gasteiger partial charge in [0, 0.05) is 60.8 Å². The Kier molecular flexibility index (Phi) is 13.6. The van der Waals surface area contributed by atoms with Crippen LogP contribution in [0.5, 0.6) is 11.5 Å². The summed E-state index contributed by atoms with van der Waals surface area (Å²) in [6, 6.07) is 14.7. The van der Waals surface area contributed by atoms with Crippen molar-refractivity contribution in [2.24, 2.45) is 0 Å². The molecule has 0 heterocycles. The summed E-state index contributed by atoms with van der Waals surface area (Å²) in [5.41, 5.74) is 2.49. The highest BCUT2D eigenvalue weighted by molar-refractivity contribution is 5.99. The third-order valence-corrected chi connectivity index (χ3v) is 6.73. The SMILES string of the molecule is CCN(CC)c1ccc(/C=C(\C#N)C(=O)OCC(C)OC(=O)/C(C#N)=C/c2ccc(N(CC)CC)cc2OC)c(OC)c1. The lowest BCUT2D eigenvalue weighted by Crippen LogP contribution is -2.23. The van der Waals surface area contributed by atoms with E-state index in [-0.39, 0.29) is 17.8 Å². The lowest BCUT2D eigenvalue weighted by molar-refractivity contribution is -0.152. The molecule has 10 nitrogen and oxygen atoms in total. The van der Waals surface area contributed by atoms with Crippen LogP contribution in [0, 0.1) is 22.7 Å². The molecule has 10 heteroatoms. The van der Waals surface area contributed by atoms with Crippen LogP contribution in [0.25, 0.3) is 12.2 Å². The highest BCUT2D eigenvalue weighted by Crippen LogP contribution is 2.29. The molecule has 0 radical (unpaired) electrons. The van der Waals surface area contributed by atoms with Gasteiger partial charge < -0.3 is 28.7 Å². The number of hydrogen-bond acceptors (Lipinski definition) is 10. The smallest absolute Gasteiger partial charge is 0.349 e. The molecule has 0 saturated carbocycles. The largest absolute Gasteiger partial charge is 0.496 e. The maximum atomic E-state index is 12.7. The normalized spacial score (nSPS) is 11.9. The summed E-state index contributed by atoms with van der Waals surface area (Å²) in [6.07, 6.45) is 1.89. The Morgan fingerprint density at radius 3 is 1.56 bits per heavy atom. The number of rotatable bonds is 15. The van der Waals surface area contributed by atoms with Crippen molar-refractivity contribution in [1.82, 2.24) is 0 Å². The number of benzene rings is 2. The molecule has 0 aromatic heterocycles. The van der Waals surface area contributed by atoms with Gasteiger partial charge in [0.2, 0.25) is 0 Å². The average molecular weight is 589 g/mol. The zero-order valence-corrected chi connectivity index (χ0v) is 26.0. The van der Waals surface area contributed by atoms with Crippen molar-refractivity contribution in [2.75, 3.05) is 56.8 Å². The van der Waals surface area contributed by atoms with Gasteiger partial charge >= 0.3 is 11.9 Å². The van der Waals surface area contributed by atoms with Crippen LogP contribution in [-0.4, -0.2) is 65.0 Å². The average Bonchev–Trinajstić information content (AvgIpc) is 3.02. The van der Waals surface area contributed by atoms with E-state index in [4.69, 9.17) is 18.9 Å². The molecule has 0 aliphatic rings. The summed E-state index contributed by atoms with van der Waals surface area (Å²) < 4.78 is 21.5. The van der Waals surface area contributed by atoms with Crippen LogP contribution < -0.4 is 19.3 Å². The molecular formula is C33H40N4O6. The maximum Gasteiger partial charge on any atom is 0.349 e. The molecule has 0 fully saturated rings. The van der Waals surface area contributed by atoms with Crippen LogP contribution in [0.1, 0.15) is 45.7 Å². The molecule has 0 amide bonds. The van der Waals surface area contributed by atoms with Gasteiger partial charge in [-0.1, -0.05) is 0 Å². The Hall–Kier alpha value is -4.96. The van der Waals surface area contributed by atoms with Crippen molar-refractivity contribution < 1.29 is 28.5 Å². The van der Waals surface area contributed by atoms with E-state index in [9.17, 15) is 20.1 Å². The zero-order valence-electron chi connectivity index (χ0n) is 26.0. The maximum absolute atomic E-state index is 12.7. The van der Waals surface area contributed by atoms with Gasteiger partial charge in [0.25, 0.3) is 0 Å². The van der Waals surface area contributed by atoms with Crippen molar-refractivity contribution in [3.63, 3.8) is 0 Å². The summed E-state index contributed by atoms with van der Waals surface area (Å²) in [4.78, 5) is 29.7. The van der Waals surface area contributed by atoms with E-state index in [1.54, 1.807) is 12.1 Å². The summed E-state index contributed by atoms with van der Waals surface area (Å²) in [7, 11) is 3.03. The number of carbonyl (C=O) groups is 2. The van der Waals surface area contributed by atoms with Crippen LogP contribution in [0.2, 0.25) is 0 Å². The number of anilines is 2. The highest BCUT2D eigenvalue weighted by Gasteiger charge is 2.20. The number of ether oxygens (including phenoxy) is 4. The quantitative estimate of drug-likeness (QED) is 0.152. The molecule has 0 N–H and O–H groups in total. The molecule has 43 heavy (non-hydrogen) atoms. The molecule has 1 unspecified atom stereocenters. The Morgan fingerprint density at radius 1 is 0.767 bits per heavy atom. The third-order valence-electron chi connectivity index (χ3n) is 6.73. The minimum Gasteiger partial charge on any atom is -0.496 e. The molecular weight excluding hydrogens is 548 g/mol. The third kappa shape index (κ3) is 9.27. The van der Waals surface area contributed by atoms with Gasteiger partial charge in [-0.25, -0.2) is 9.59 Å². The van der Waals surface area contributed by atoms with E-state index in [1.165, 1.54) is 33.3 Å². The van der Waals surface area contributed by atoms with E-state index in [0.717, 1.165) is 37.6 Å². The van der Waals surface area contributed by atoms with Crippen molar-refractivity contribution in [1.29, 1.82) is 10.5 Å². The van der Waals surface area contributed by atoms with E-state index in [1.807, 2.05) is 64.1 Å². The lowest BCUT2D eigenvalue weighted by atomic mass is 10.1. The molecule has 2 rings (SSSR count). The van der Waals surface area contributed by atoms with Gasteiger partial charge in [0.15, 0.2) is 0 Å². The number of methoxy groups -OCH3 is 2. The lowest BCUT2D eigenvalue weighted by Gasteiger charge is -2.22. The van der Waals surface area contributed by atoms with Crippen molar-refractivity contribution in [3.05, 3.63) is 58.7 Å². The predicted octanol–water partition coefficient (Wildman–Crippen LogP) is 5.39. The van der Waals surface area contributed by atoms with Crippen LogP contribution in [0.3, 0.4) is 0 Å². The second-order valence-electron chi connectivity index (χ2n) is 9.35. The van der Waals surface area contributed by atoms with Gasteiger partial charge in [0.1, 0.15) is 47.5 Å². The predicted molar refractivity (Wildman–Crippen MR) is 167 cm³/mol. The van der Waals surface area contributed by atoms with E-state index in [2.05, 4.69) is 9.80 Å². The molecule has 0 spiro atoms. The fourth-order valence-corrected chi connectivity index (χ4v) is 4.34. The summed E-state index contributed by atoms with van der Waals surface area (Å²) in [5.74, 6) is -0.756. The van der Waals surface area contributed by atoms with Gasteiger partial charge in [-0.05, 0) is 71.0 Å². The Morgan fingerprint density at radius 2 is 1.19 bits per heavy atom. The van der Waals surface area contributed by atoms with Gasteiger partial charge in [-0.2, -0.15) is 10.5 Å². The van der Waals surface area contributed by atoms with Crippen molar-refractivity contribution >= 4 is 35.5 Å². The number of nitriles is 2. The van der Waals surface area contributed by atoms with Gasteiger partial charge in [-0.15, -0.1) is 0 Å². The van der Waals surface area contributed by atoms with Crippen molar-refractivity contribution in [3.8, 4) is 23.6 Å². The highest BCUT2D eigenvalue weighted by atomic mass is 16.6. The van der Waals surface area contributed by atoms with Crippen LogP contribution in [-0.2, 0) is 19.1 Å². The first kappa shape index (κ1) is 34.2. The Bertz CT molecular complexity index is 1410. The molecule has 228 valence electrons. The fourth-order valence-electron chi connectivity index (χ4n) is 4.34. The van der Waals surface area contributed by atoms with Crippen LogP contribution in [0.4, 0.5) is 11.4 Å². The Balaban J connectivity index is 2.12. The second-order valence-corrected chi connectivity index (χ2v) is 9.35. The summed E-state index contributed by atoms with van der Waals surface area (Å²) >= 11 is 0. The first-order chi connectivity index (χ1) is 20.7. The van der Waals surface area contributed by atoms with Gasteiger partial charge in [0.05, 0.1) is 14.2 Å². The molecule has 2 aromatic rings. The Labute approximate surface area is 254 Å². The second kappa shape index (κ2) is 17.1. The zero-order chi connectivity index (χ0) is 31.9. The number of hydrogen-bond donors (Lipinski definition) is 0. The topological polar surface area (TPSA) is 125 Å². The van der Waals surface area contributed by atoms with E-state index in [0.29, 0.717) is 22.6 Å². The molecule has 0 aliphatic heterocycles. The molecule has 1 atom stereocenters. The van der Waals surface area contributed by atoms with Crippen LogP contribution in [0.15, 0.2) is 47.5 Å². The minimum atomic E-state index is -0.886. The molecule has 0 bridgehead atoms. The van der Waals surface area contributed by atoms with E-state index < -0.39 is 18.0 Å². The first-order valence-electron chi connectivity index (χ1n) is 14.2. The standard InChI is InChI=1S/C33H40N4O6/c1-8-36(9-2)28-14-12-24(30(18-28)40-6)16-26(20-34)32(38)42-22-23(5)43-33(39)27(21-35)17-25-13-15-29(19-31(25)41-7)37(10-3)11-4/h12-19,23H,8-11,22H2,1-7H3/b26-16+,27-17+. The van der Waals surface area contributed by atoms with Crippen LogP contribution >= 0.6 is 0 Å². The molecule has 2 aromatic carbocycles. The van der Waals surface area contributed by atoms with E-state index >= 15 is 0 Å². The molecule has 0 aliphatic carbocycles. The minimum absolute atomic E-state index is 0.245. The van der Waals surface area contributed by atoms with Gasteiger partial charge in [-0.3, -0.25) is 0 Å². The fraction of sp³-hybridized carbons (Fsp3) is 0.394. The van der Waals surface area contributed by atoms with Crippen molar-refractivity contribution in [2.45, 2.75) is 40.7 Å². The number of nitrogens with zero attached hydrogens (tertiary/aromatic N) is 4. The molecule has 0 saturated heterocycles. The number of esters is 2. The monoisotopic (exact) mass is 588 g/mol. The first-order valence-corrected chi connectivity index (χ1v) is 14.2. The summed E-state index contributed by atoms with van der Waals surface area (Å²) in [5, 5.41) is 19.2. The number of carbonyl (C=O) groups excluding carboxylic acids is 2. The summed E-state index contributed by atoms with van der Waals surface area (Å²) in [6.45, 7) is 12.7.